The molecule has 0 atom stereocenters. The Bertz CT molecular complexity index is 329. The van der Waals surface area contributed by atoms with Crippen LogP contribution in [0, 0.1) is 0 Å². The summed E-state index contributed by atoms with van der Waals surface area (Å²) in [4.78, 5) is 18.3. The molecular weight excluding hydrogens is 198 g/mol. The highest BCUT2D eigenvalue weighted by Crippen LogP contribution is 2.03. The van der Waals surface area contributed by atoms with Gasteiger partial charge in [0.2, 0.25) is 0 Å². The average molecular weight is 211 g/mol. The molecule has 2 amide bonds. The Hall–Kier alpha value is -2.09. The average Bonchev–Trinajstić information content (AvgIpc) is 2.24. The zero-order chi connectivity index (χ0) is 11.1. The molecule has 7 N–H and O–H groups in total. The summed E-state index contributed by atoms with van der Waals surface area (Å²) in [6, 6.07) is -0.555. The van der Waals surface area contributed by atoms with E-state index in [1.54, 1.807) is 6.20 Å². The lowest BCUT2D eigenvalue weighted by Gasteiger charge is -2.06. The van der Waals surface area contributed by atoms with Gasteiger partial charge in [0.1, 0.15) is 5.82 Å². The Kier molecular flexibility index (Phi) is 4.10. The molecule has 0 aliphatic rings. The van der Waals surface area contributed by atoms with Crippen LogP contribution in [-0.4, -0.2) is 29.1 Å². The van der Waals surface area contributed by atoms with Gasteiger partial charge in [-0.3, -0.25) is 4.98 Å². The van der Waals surface area contributed by atoms with Gasteiger partial charge >= 0.3 is 6.03 Å². The highest BCUT2D eigenvalue weighted by molar-refractivity contribution is 5.71. The molecule has 8 heteroatoms. The number of rotatable bonds is 5. The van der Waals surface area contributed by atoms with Crippen LogP contribution in [-0.2, 0) is 0 Å². The molecule has 0 fully saturated rings. The highest BCUT2D eigenvalue weighted by atomic mass is 16.2. The van der Waals surface area contributed by atoms with E-state index in [1.807, 2.05) is 0 Å². The number of carbonyl (C=O) groups excluding carboxylic acids is 1. The van der Waals surface area contributed by atoms with Crippen LogP contribution < -0.4 is 27.6 Å². The molecule has 1 heterocycles. The molecule has 1 aromatic heterocycles. The molecule has 0 radical (unpaired) electrons. The van der Waals surface area contributed by atoms with E-state index in [9.17, 15) is 4.79 Å². The summed E-state index contributed by atoms with van der Waals surface area (Å²) in [7, 11) is 0. The predicted molar refractivity (Wildman–Crippen MR) is 55.9 cm³/mol. The monoisotopic (exact) mass is 211 g/mol. The first kappa shape index (κ1) is 11.0. The molecule has 8 nitrogen and oxygen atoms in total. The fourth-order valence-corrected chi connectivity index (χ4v) is 0.897. The smallest absolute Gasteiger partial charge is 0.312 e. The molecule has 0 saturated heterocycles. The summed E-state index contributed by atoms with van der Waals surface area (Å²) < 4.78 is 0. The maximum Gasteiger partial charge on any atom is 0.312 e. The van der Waals surface area contributed by atoms with Crippen molar-refractivity contribution in [2.75, 3.05) is 23.8 Å². The van der Waals surface area contributed by atoms with Crippen molar-refractivity contribution in [2.45, 2.75) is 0 Å². The standard InChI is InChI=1S/C7H13N7O/c8-7(15)12-2-1-11-5-3-10-4-6(13-5)14-9/h3-4H,1-2,9H2,(H3,8,12,15)(H2,11,13,14). The van der Waals surface area contributed by atoms with Gasteiger partial charge in [0.15, 0.2) is 5.82 Å². The van der Waals surface area contributed by atoms with E-state index in [0.717, 1.165) is 0 Å². The zero-order valence-electron chi connectivity index (χ0n) is 8.03. The van der Waals surface area contributed by atoms with Crippen LogP contribution in [0.25, 0.3) is 0 Å². The number of urea groups is 1. The van der Waals surface area contributed by atoms with Crippen LogP contribution >= 0.6 is 0 Å². The number of nitrogens with two attached hydrogens (primary N) is 2. The summed E-state index contributed by atoms with van der Waals surface area (Å²) in [5, 5.41) is 5.37. The first-order valence-electron chi connectivity index (χ1n) is 4.28. The number of hydrogen-bond acceptors (Lipinski definition) is 6. The van der Waals surface area contributed by atoms with Crippen molar-refractivity contribution in [1.82, 2.24) is 15.3 Å². The largest absolute Gasteiger partial charge is 0.367 e. The second kappa shape index (κ2) is 5.60. The molecule has 0 saturated carbocycles. The lowest BCUT2D eigenvalue weighted by molar-refractivity contribution is 0.249. The van der Waals surface area contributed by atoms with Crippen molar-refractivity contribution in [3.8, 4) is 0 Å². The van der Waals surface area contributed by atoms with Crippen molar-refractivity contribution in [2.24, 2.45) is 11.6 Å². The molecule has 0 unspecified atom stereocenters. The van der Waals surface area contributed by atoms with Crippen molar-refractivity contribution in [3.63, 3.8) is 0 Å². The Morgan fingerprint density at radius 1 is 1.33 bits per heavy atom. The fraction of sp³-hybridized carbons (Fsp3) is 0.286. The second-order valence-corrected chi connectivity index (χ2v) is 2.65. The molecule has 0 spiro atoms. The first-order chi connectivity index (χ1) is 7.22. The van der Waals surface area contributed by atoms with Crippen LogP contribution in [0.15, 0.2) is 12.4 Å². The zero-order valence-corrected chi connectivity index (χ0v) is 8.03. The summed E-state index contributed by atoms with van der Waals surface area (Å²) in [5.41, 5.74) is 7.26. The van der Waals surface area contributed by atoms with Crippen LogP contribution in [0.1, 0.15) is 0 Å². The number of nitrogens with one attached hydrogen (secondary N) is 3. The molecule has 0 aliphatic carbocycles. The van der Waals surface area contributed by atoms with Crippen LogP contribution in [0.5, 0.6) is 0 Å². The molecule has 0 bridgehead atoms. The molecule has 15 heavy (non-hydrogen) atoms. The maximum absolute atomic E-state index is 10.3. The number of carbonyl (C=O) groups is 1. The van der Waals surface area contributed by atoms with E-state index in [1.165, 1.54) is 6.20 Å². The van der Waals surface area contributed by atoms with Crippen molar-refractivity contribution >= 4 is 17.7 Å². The summed E-state index contributed by atoms with van der Waals surface area (Å²) in [6.07, 6.45) is 3.04. The molecule has 1 aromatic rings. The minimum Gasteiger partial charge on any atom is -0.367 e. The molecular formula is C7H13N7O. The van der Waals surface area contributed by atoms with Gasteiger partial charge in [0, 0.05) is 13.1 Å². The van der Waals surface area contributed by atoms with Crippen molar-refractivity contribution in [1.29, 1.82) is 0 Å². The lowest BCUT2D eigenvalue weighted by atomic mass is 10.5. The predicted octanol–water partition coefficient (Wildman–Crippen LogP) is -1.16. The van der Waals surface area contributed by atoms with Gasteiger partial charge in [-0.1, -0.05) is 0 Å². The van der Waals surface area contributed by atoms with E-state index in [0.29, 0.717) is 24.7 Å². The number of hydrazine groups is 1. The van der Waals surface area contributed by atoms with Gasteiger partial charge in [-0.2, -0.15) is 0 Å². The van der Waals surface area contributed by atoms with E-state index in [2.05, 4.69) is 26.0 Å². The highest BCUT2D eigenvalue weighted by Gasteiger charge is 1.96. The quantitative estimate of drug-likeness (QED) is 0.237. The van der Waals surface area contributed by atoms with E-state index in [-0.39, 0.29) is 0 Å². The second-order valence-electron chi connectivity index (χ2n) is 2.65. The van der Waals surface area contributed by atoms with Gasteiger partial charge < -0.3 is 21.8 Å². The molecule has 1 rings (SSSR count). The van der Waals surface area contributed by atoms with Gasteiger partial charge in [-0.05, 0) is 0 Å². The Morgan fingerprint density at radius 3 is 2.73 bits per heavy atom. The summed E-state index contributed by atoms with van der Waals surface area (Å²) >= 11 is 0. The van der Waals surface area contributed by atoms with Crippen LogP contribution in [0.4, 0.5) is 16.4 Å². The number of anilines is 2. The van der Waals surface area contributed by atoms with Gasteiger partial charge in [0.25, 0.3) is 0 Å². The van der Waals surface area contributed by atoms with Gasteiger partial charge in [-0.15, -0.1) is 0 Å². The Balaban J connectivity index is 2.33. The third-order valence-electron chi connectivity index (χ3n) is 1.51. The minimum atomic E-state index is -0.555. The number of primary amides is 1. The fourth-order valence-electron chi connectivity index (χ4n) is 0.897. The Morgan fingerprint density at radius 2 is 2.07 bits per heavy atom. The summed E-state index contributed by atoms with van der Waals surface area (Å²) in [5.74, 6) is 6.19. The third kappa shape index (κ3) is 4.09. The maximum atomic E-state index is 10.3. The SMILES string of the molecule is NNc1cncc(NCCNC(N)=O)n1. The van der Waals surface area contributed by atoms with Crippen LogP contribution in [0.2, 0.25) is 0 Å². The van der Waals surface area contributed by atoms with E-state index >= 15 is 0 Å². The third-order valence-corrected chi connectivity index (χ3v) is 1.51. The topological polar surface area (TPSA) is 131 Å². The van der Waals surface area contributed by atoms with Crippen molar-refractivity contribution < 1.29 is 4.79 Å². The normalized spacial score (nSPS) is 9.40. The molecule has 0 aliphatic heterocycles. The van der Waals surface area contributed by atoms with Crippen LogP contribution in [0.3, 0.4) is 0 Å². The van der Waals surface area contributed by atoms with E-state index in [4.69, 9.17) is 11.6 Å². The van der Waals surface area contributed by atoms with Crippen molar-refractivity contribution in [3.05, 3.63) is 12.4 Å². The lowest BCUT2D eigenvalue weighted by Crippen LogP contribution is -2.33. The number of aromatic nitrogens is 2. The van der Waals surface area contributed by atoms with Gasteiger partial charge in [-0.25, -0.2) is 15.6 Å². The van der Waals surface area contributed by atoms with E-state index < -0.39 is 6.03 Å². The number of amides is 2. The summed E-state index contributed by atoms with van der Waals surface area (Å²) in [6.45, 7) is 0.920. The number of nitrogens with zero attached hydrogens (tertiary/aromatic N) is 2. The minimum absolute atomic E-state index is 0.414. The molecule has 82 valence electrons. The first-order valence-corrected chi connectivity index (χ1v) is 4.28. The van der Waals surface area contributed by atoms with Gasteiger partial charge in [0.05, 0.1) is 12.4 Å². The Labute approximate surface area is 86.4 Å². The number of hydrogen-bond donors (Lipinski definition) is 5. The number of nitrogen functional groups attached to an aromatic ring is 1. The molecule has 0 aromatic carbocycles.